The molecule has 0 unspecified atom stereocenters. The van der Waals surface area contributed by atoms with Gasteiger partial charge in [-0.05, 0) is 54.6 Å². The summed E-state index contributed by atoms with van der Waals surface area (Å²) in [5, 5.41) is 21.0. The molecule has 0 fully saturated rings. The molecule has 0 radical (unpaired) electrons. The Balaban J connectivity index is 1.77. The highest BCUT2D eigenvalue weighted by Crippen LogP contribution is 2.27. The van der Waals surface area contributed by atoms with E-state index in [2.05, 4.69) is 20.3 Å². The van der Waals surface area contributed by atoms with E-state index >= 15 is 0 Å². The van der Waals surface area contributed by atoms with Crippen LogP contribution in [-0.2, 0) is 4.74 Å². The van der Waals surface area contributed by atoms with Crippen molar-refractivity contribution in [2.24, 2.45) is 0 Å². The van der Waals surface area contributed by atoms with E-state index in [0.29, 0.717) is 17.2 Å². The van der Waals surface area contributed by atoms with E-state index in [1.807, 2.05) is 0 Å². The van der Waals surface area contributed by atoms with E-state index in [-0.39, 0.29) is 17.1 Å². The Kier molecular flexibility index (Phi) is 4.56. The number of esters is 1. The van der Waals surface area contributed by atoms with Crippen LogP contribution in [-0.4, -0.2) is 28.4 Å². The highest BCUT2D eigenvalue weighted by atomic mass is 19.1. The number of nitrogens with zero attached hydrogens (tertiary/aromatic N) is 2. The van der Waals surface area contributed by atoms with Crippen molar-refractivity contribution in [1.82, 2.24) is 10.2 Å². The number of phenols is 1. The summed E-state index contributed by atoms with van der Waals surface area (Å²) in [7, 11) is 1.27. The Morgan fingerprint density at radius 1 is 1.08 bits per heavy atom. The minimum absolute atomic E-state index is 0.118. The number of phenolic OH excluding ortho intramolecular Hbond substituents is 1. The van der Waals surface area contributed by atoms with Gasteiger partial charge in [-0.3, -0.25) is 0 Å². The van der Waals surface area contributed by atoms with Crippen LogP contribution in [0.25, 0.3) is 11.3 Å². The number of hydrogen-bond donors (Lipinski definition) is 2. The molecule has 6 nitrogen and oxygen atoms in total. The van der Waals surface area contributed by atoms with E-state index in [1.165, 1.54) is 37.4 Å². The molecule has 0 atom stereocenters. The molecule has 0 aliphatic heterocycles. The lowest BCUT2D eigenvalue weighted by Crippen LogP contribution is -2.02. The SMILES string of the molecule is COC(=O)c1ccc(Nc2ccc(-c3ccc(F)cc3)nn2)c(O)c1. The third-order valence-corrected chi connectivity index (χ3v) is 3.49. The smallest absolute Gasteiger partial charge is 0.337 e. The quantitative estimate of drug-likeness (QED) is 0.559. The lowest BCUT2D eigenvalue weighted by molar-refractivity contribution is 0.0600. The first kappa shape index (κ1) is 16.4. The molecule has 0 aliphatic carbocycles. The van der Waals surface area contributed by atoms with Crippen molar-refractivity contribution in [2.75, 3.05) is 12.4 Å². The number of benzene rings is 2. The van der Waals surface area contributed by atoms with Crippen LogP contribution in [0.2, 0.25) is 0 Å². The summed E-state index contributed by atoms with van der Waals surface area (Å²) in [6.07, 6.45) is 0. The molecule has 1 heterocycles. The van der Waals surface area contributed by atoms with Crippen LogP contribution in [0.15, 0.2) is 54.6 Å². The van der Waals surface area contributed by atoms with Gasteiger partial charge < -0.3 is 15.2 Å². The van der Waals surface area contributed by atoms with Crippen LogP contribution >= 0.6 is 0 Å². The van der Waals surface area contributed by atoms with E-state index in [1.54, 1.807) is 24.3 Å². The van der Waals surface area contributed by atoms with Gasteiger partial charge in [0.05, 0.1) is 24.1 Å². The topological polar surface area (TPSA) is 84.3 Å². The van der Waals surface area contributed by atoms with Crippen molar-refractivity contribution in [1.29, 1.82) is 0 Å². The van der Waals surface area contributed by atoms with Crippen molar-refractivity contribution < 1.29 is 19.0 Å². The van der Waals surface area contributed by atoms with E-state index in [4.69, 9.17) is 0 Å². The predicted octanol–water partition coefficient (Wildman–Crippen LogP) is 3.52. The number of hydrogen-bond acceptors (Lipinski definition) is 6. The van der Waals surface area contributed by atoms with Gasteiger partial charge in [-0.25, -0.2) is 9.18 Å². The summed E-state index contributed by atoms with van der Waals surface area (Å²) in [5.41, 5.74) is 1.95. The summed E-state index contributed by atoms with van der Waals surface area (Å²) in [5.74, 6) is -0.564. The summed E-state index contributed by atoms with van der Waals surface area (Å²) in [4.78, 5) is 11.4. The van der Waals surface area contributed by atoms with Gasteiger partial charge in [0.15, 0.2) is 5.82 Å². The fraction of sp³-hybridized carbons (Fsp3) is 0.0556. The molecule has 0 amide bonds. The number of nitrogens with one attached hydrogen (secondary N) is 1. The van der Waals surface area contributed by atoms with Crippen molar-refractivity contribution in [3.63, 3.8) is 0 Å². The van der Waals surface area contributed by atoms with Gasteiger partial charge in [0.2, 0.25) is 0 Å². The number of halogens is 1. The molecule has 3 rings (SSSR count). The fourth-order valence-electron chi connectivity index (χ4n) is 2.19. The molecule has 25 heavy (non-hydrogen) atoms. The number of ether oxygens (including phenoxy) is 1. The van der Waals surface area contributed by atoms with Gasteiger partial charge >= 0.3 is 5.97 Å². The average Bonchev–Trinajstić information content (AvgIpc) is 2.64. The van der Waals surface area contributed by atoms with Gasteiger partial charge in [-0.15, -0.1) is 10.2 Å². The number of aromatic hydroxyl groups is 1. The Labute approximate surface area is 142 Å². The van der Waals surface area contributed by atoms with Crippen LogP contribution in [0.1, 0.15) is 10.4 Å². The number of anilines is 2. The predicted molar refractivity (Wildman–Crippen MR) is 90.2 cm³/mol. The summed E-state index contributed by atoms with van der Waals surface area (Å²) in [6, 6.07) is 13.7. The molecule has 3 aromatic rings. The normalized spacial score (nSPS) is 10.3. The van der Waals surface area contributed by atoms with E-state index in [9.17, 15) is 14.3 Å². The van der Waals surface area contributed by atoms with Gasteiger partial charge in [-0.2, -0.15) is 0 Å². The van der Waals surface area contributed by atoms with Gasteiger partial charge in [0, 0.05) is 5.56 Å². The summed E-state index contributed by atoms with van der Waals surface area (Å²) >= 11 is 0. The second-order valence-corrected chi connectivity index (χ2v) is 5.16. The molecular weight excluding hydrogens is 325 g/mol. The molecule has 2 aromatic carbocycles. The zero-order valence-corrected chi connectivity index (χ0v) is 13.2. The molecule has 0 saturated heterocycles. The molecule has 0 aliphatic rings. The standard InChI is InChI=1S/C18H14FN3O3/c1-25-18(24)12-4-7-15(16(23)10-12)20-17-9-8-14(21-22-17)11-2-5-13(19)6-3-11/h2-10,23H,1H3,(H,20,22). The molecule has 0 saturated carbocycles. The third kappa shape index (κ3) is 3.72. The highest BCUT2D eigenvalue weighted by Gasteiger charge is 2.10. The number of carbonyl (C=O) groups excluding carboxylic acids is 1. The van der Waals surface area contributed by atoms with Gasteiger partial charge in [0.25, 0.3) is 0 Å². The third-order valence-electron chi connectivity index (χ3n) is 3.49. The zero-order valence-electron chi connectivity index (χ0n) is 13.2. The van der Waals surface area contributed by atoms with Crippen molar-refractivity contribution >= 4 is 17.5 Å². The molecule has 1 aromatic heterocycles. The van der Waals surface area contributed by atoms with Crippen LogP contribution in [0.3, 0.4) is 0 Å². The Hall–Kier alpha value is -3.48. The summed E-state index contributed by atoms with van der Waals surface area (Å²) < 4.78 is 17.5. The molecule has 126 valence electrons. The number of aromatic nitrogens is 2. The van der Waals surface area contributed by atoms with Gasteiger partial charge in [-0.1, -0.05) is 0 Å². The molecule has 2 N–H and O–H groups in total. The molecule has 7 heteroatoms. The van der Waals surface area contributed by atoms with E-state index in [0.717, 1.165) is 5.56 Å². The number of methoxy groups -OCH3 is 1. The number of rotatable bonds is 4. The lowest BCUT2D eigenvalue weighted by Gasteiger charge is -2.09. The average molecular weight is 339 g/mol. The second-order valence-electron chi connectivity index (χ2n) is 5.16. The summed E-state index contributed by atoms with van der Waals surface area (Å²) in [6.45, 7) is 0. The number of carbonyl (C=O) groups is 1. The molecule has 0 spiro atoms. The maximum Gasteiger partial charge on any atom is 0.337 e. The first-order valence-corrected chi connectivity index (χ1v) is 7.35. The maximum atomic E-state index is 12.9. The first-order chi connectivity index (χ1) is 12.1. The minimum atomic E-state index is -0.537. The Bertz CT molecular complexity index is 896. The highest BCUT2D eigenvalue weighted by molar-refractivity contribution is 5.90. The zero-order chi connectivity index (χ0) is 17.8. The van der Waals surface area contributed by atoms with Crippen LogP contribution in [0.4, 0.5) is 15.9 Å². The molecule has 0 bridgehead atoms. The van der Waals surface area contributed by atoms with Crippen LogP contribution in [0.5, 0.6) is 5.75 Å². The first-order valence-electron chi connectivity index (χ1n) is 7.35. The van der Waals surface area contributed by atoms with Crippen molar-refractivity contribution in [3.8, 4) is 17.0 Å². The minimum Gasteiger partial charge on any atom is -0.506 e. The lowest BCUT2D eigenvalue weighted by atomic mass is 10.1. The Morgan fingerprint density at radius 3 is 2.44 bits per heavy atom. The van der Waals surface area contributed by atoms with E-state index < -0.39 is 5.97 Å². The van der Waals surface area contributed by atoms with Crippen molar-refractivity contribution in [3.05, 3.63) is 66.0 Å². The second kappa shape index (κ2) is 6.96. The maximum absolute atomic E-state index is 12.9. The fourth-order valence-corrected chi connectivity index (χ4v) is 2.19. The Morgan fingerprint density at radius 2 is 1.84 bits per heavy atom. The monoisotopic (exact) mass is 339 g/mol. The van der Waals surface area contributed by atoms with Gasteiger partial charge in [0.1, 0.15) is 11.6 Å². The van der Waals surface area contributed by atoms with Crippen molar-refractivity contribution in [2.45, 2.75) is 0 Å². The molecular formula is C18H14FN3O3. The van der Waals surface area contributed by atoms with Crippen LogP contribution < -0.4 is 5.32 Å². The largest absolute Gasteiger partial charge is 0.506 e. The van der Waals surface area contributed by atoms with Crippen LogP contribution in [0, 0.1) is 5.82 Å².